The summed E-state index contributed by atoms with van der Waals surface area (Å²) in [5.74, 6) is 0.902. The molecule has 1 fully saturated rings. The zero-order valence-corrected chi connectivity index (χ0v) is 10.8. The van der Waals surface area contributed by atoms with Crippen LogP contribution in [0, 0.1) is 5.92 Å². The molecule has 0 amide bonds. The Morgan fingerprint density at radius 3 is 2.40 bits per heavy atom. The lowest BCUT2D eigenvalue weighted by Gasteiger charge is -2.23. The molecule has 0 aromatic carbocycles. The summed E-state index contributed by atoms with van der Waals surface area (Å²) < 4.78 is 5.68. The first-order chi connectivity index (χ1) is 6.99. The molecule has 0 aromatic rings. The third-order valence-electron chi connectivity index (χ3n) is 3.21. The van der Waals surface area contributed by atoms with Crippen LogP contribution in [0.4, 0.5) is 0 Å². The topological polar surface area (TPSA) is 21.3 Å². The van der Waals surface area contributed by atoms with Crippen LogP contribution in [0.15, 0.2) is 0 Å². The summed E-state index contributed by atoms with van der Waals surface area (Å²) in [6, 6.07) is 0.663. The van der Waals surface area contributed by atoms with Crippen LogP contribution in [0.2, 0.25) is 0 Å². The lowest BCUT2D eigenvalue weighted by atomic mass is 10.00. The van der Waals surface area contributed by atoms with E-state index >= 15 is 0 Å². The second kappa shape index (κ2) is 5.86. The first kappa shape index (κ1) is 13.0. The van der Waals surface area contributed by atoms with Crippen molar-refractivity contribution in [3.05, 3.63) is 0 Å². The molecule has 15 heavy (non-hydrogen) atoms. The van der Waals surface area contributed by atoms with Crippen LogP contribution in [0.25, 0.3) is 0 Å². The second-order valence-corrected chi connectivity index (χ2v) is 5.75. The molecule has 1 saturated carbocycles. The van der Waals surface area contributed by atoms with Gasteiger partial charge in [0.05, 0.1) is 12.2 Å². The van der Waals surface area contributed by atoms with Gasteiger partial charge in [0.25, 0.3) is 0 Å². The molecular weight excluding hydrogens is 186 g/mol. The second-order valence-electron chi connectivity index (χ2n) is 5.75. The first-order valence-electron chi connectivity index (χ1n) is 6.36. The Balaban J connectivity index is 2.04. The van der Waals surface area contributed by atoms with Crippen molar-refractivity contribution in [3.63, 3.8) is 0 Å². The summed E-state index contributed by atoms with van der Waals surface area (Å²) in [4.78, 5) is 0. The highest BCUT2D eigenvalue weighted by Gasteiger charge is 2.20. The van der Waals surface area contributed by atoms with Gasteiger partial charge in [-0.05, 0) is 46.5 Å². The SMILES string of the molecule is C[C@@H](NCCOC(C)(C)C)C1CCCC1. The minimum Gasteiger partial charge on any atom is -0.375 e. The Hall–Kier alpha value is -0.0800. The van der Waals surface area contributed by atoms with Gasteiger partial charge in [0.2, 0.25) is 0 Å². The number of rotatable bonds is 5. The number of hydrogen-bond acceptors (Lipinski definition) is 2. The van der Waals surface area contributed by atoms with Crippen molar-refractivity contribution in [2.75, 3.05) is 13.2 Å². The summed E-state index contributed by atoms with van der Waals surface area (Å²) in [7, 11) is 0. The van der Waals surface area contributed by atoms with Crippen molar-refractivity contribution in [1.82, 2.24) is 5.32 Å². The Morgan fingerprint density at radius 2 is 1.87 bits per heavy atom. The number of hydrogen-bond donors (Lipinski definition) is 1. The van der Waals surface area contributed by atoms with Gasteiger partial charge in [-0.15, -0.1) is 0 Å². The molecule has 0 spiro atoms. The largest absolute Gasteiger partial charge is 0.375 e. The van der Waals surface area contributed by atoms with E-state index in [-0.39, 0.29) is 5.60 Å². The average Bonchev–Trinajstić information content (AvgIpc) is 2.63. The van der Waals surface area contributed by atoms with E-state index in [1.807, 2.05) is 0 Å². The smallest absolute Gasteiger partial charge is 0.0599 e. The summed E-state index contributed by atoms with van der Waals surface area (Å²) in [5, 5.41) is 3.57. The summed E-state index contributed by atoms with van der Waals surface area (Å²) >= 11 is 0. The highest BCUT2D eigenvalue weighted by Crippen LogP contribution is 2.27. The Labute approximate surface area is 94.8 Å². The molecule has 0 aromatic heterocycles. The molecule has 0 radical (unpaired) electrons. The van der Waals surface area contributed by atoms with Crippen molar-refractivity contribution >= 4 is 0 Å². The molecule has 0 aliphatic heterocycles. The number of ether oxygens (including phenoxy) is 1. The maximum Gasteiger partial charge on any atom is 0.0599 e. The molecule has 0 unspecified atom stereocenters. The maximum atomic E-state index is 5.68. The summed E-state index contributed by atoms with van der Waals surface area (Å²) in [6.07, 6.45) is 5.67. The number of nitrogens with one attached hydrogen (secondary N) is 1. The molecule has 1 aliphatic rings. The van der Waals surface area contributed by atoms with Gasteiger partial charge in [0.15, 0.2) is 0 Å². The van der Waals surface area contributed by atoms with Crippen LogP contribution >= 0.6 is 0 Å². The van der Waals surface area contributed by atoms with Gasteiger partial charge in [-0.25, -0.2) is 0 Å². The van der Waals surface area contributed by atoms with E-state index in [0.29, 0.717) is 6.04 Å². The van der Waals surface area contributed by atoms with E-state index in [1.54, 1.807) is 0 Å². The Bertz CT molecular complexity index is 168. The van der Waals surface area contributed by atoms with Crippen LogP contribution in [0.5, 0.6) is 0 Å². The van der Waals surface area contributed by atoms with Crippen molar-refractivity contribution < 1.29 is 4.74 Å². The molecule has 2 heteroatoms. The fourth-order valence-electron chi connectivity index (χ4n) is 2.27. The molecule has 90 valence electrons. The van der Waals surface area contributed by atoms with Crippen molar-refractivity contribution in [2.24, 2.45) is 5.92 Å². The maximum absolute atomic E-state index is 5.68. The monoisotopic (exact) mass is 213 g/mol. The third kappa shape index (κ3) is 5.53. The van der Waals surface area contributed by atoms with E-state index in [4.69, 9.17) is 4.74 Å². The fraction of sp³-hybridized carbons (Fsp3) is 1.00. The van der Waals surface area contributed by atoms with Crippen molar-refractivity contribution in [2.45, 2.75) is 65.0 Å². The van der Waals surface area contributed by atoms with Gasteiger partial charge in [-0.1, -0.05) is 12.8 Å². The van der Waals surface area contributed by atoms with Gasteiger partial charge in [0.1, 0.15) is 0 Å². The van der Waals surface area contributed by atoms with Gasteiger partial charge in [-0.2, -0.15) is 0 Å². The van der Waals surface area contributed by atoms with Crippen LogP contribution in [0.3, 0.4) is 0 Å². The van der Waals surface area contributed by atoms with Gasteiger partial charge in [-0.3, -0.25) is 0 Å². The molecule has 2 nitrogen and oxygen atoms in total. The molecular formula is C13H27NO. The zero-order valence-electron chi connectivity index (χ0n) is 10.8. The van der Waals surface area contributed by atoms with Crippen LogP contribution in [-0.4, -0.2) is 24.8 Å². The lowest BCUT2D eigenvalue weighted by molar-refractivity contribution is -0.00198. The van der Waals surface area contributed by atoms with Crippen molar-refractivity contribution in [3.8, 4) is 0 Å². The van der Waals surface area contributed by atoms with Crippen LogP contribution in [0.1, 0.15) is 53.4 Å². The van der Waals surface area contributed by atoms with Gasteiger partial charge in [0, 0.05) is 12.6 Å². The normalized spacial score (nSPS) is 20.8. The molecule has 0 heterocycles. The van der Waals surface area contributed by atoms with Crippen molar-refractivity contribution in [1.29, 1.82) is 0 Å². The molecule has 1 N–H and O–H groups in total. The van der Waals surface area contributed by atoms with E-state index < -0.39 is 0 Å². The first-order valence-corrected chi connectivity index (χ1v) is 6.36. The van der Waals surface area contributed by atoms with Gasteiger partial charge < -0.3 is 10.1 Å². The molecule has 0 saturated heterocycles. The van der Waals surface area contributed by atoms with Crippen LogP contribution < -0.4 is 5.32 Å². The van der Waals surface area contributed by atoms with E-state index in [2.05, 4.69) is 33.0 Å². The highest BCUT2D eigenvalue weighted by molar-refractivity contribution is 4.77. The predicted molar refractivity (Wildman–Crippen MR) is 65.1 cm³/mol. The molecule has 1 atom stereocenters. The van der Waals surface area contributed by atoms with Crippen LogP contribution in [-0.2, 0) is 4.74 Å². The minimum absolute atomic E-state index is 0.00171. The van der Waals surface area contributed by atoms with E-state index in [1.165, 1.54) is 25.7 Å². The highest BCUT2D eigenvalue weighted by atomic mass is 16.5. The summed E-state index contributed by atoms with van der Waals surface area (Å²) in [6.45, 7) is 10.4. The van der Waals surface area contributed by atoms with Gasteiger partial charge >= 0.3 is 0 Å². The molecule has 0 bridgehead atoms. The summed E-state index contributed by atoms with van der Waals surface area (Å²) in [5.41, 5.74) is -0.00171. The average molecular weight is 213 g/mol. The van der Waals surface area contributed by atoms with E-state index in [0.717, 1.165) is 19.1 Å². The quantitative estimate of drug-likeness (QED) is 0.709. The fourth-order valence-corrected chi connectivity index (χ4v) is 2.27. The zero-order chi connectivity index (χ0) is 11.3. The molecule has 1 rings (SSSR count). The Kier molecular flexibility index (Phi) is 5.07. The minimum atomic E-state index is -0.00171. The van der Waals surface area contributed by atoms with E-state index in [9.17, 15) is 0 Å². The predicted octanol–water partition coefficient (Wildman–Crippen LogP) is 2.97. The molecule has 1 aliphatic carbocycles. The third-order valence-corrected chi connectivity index (χ3v) is 3.21. The standard InChI is InChI=1S/C13H27NO/c1-11(12-7-5-6-8-12)14-9-10-15-13(2,3)4/h11-12,14H,5-10H2,1-4H3/t11-/m1/s1. The Morgan fingerprint density at radius 1 is 1.27 bits per heavy atom. The lowest BCUT2D eigenvalue weighted by Crippen LogP contribution is -2.36.